The van der Waals surface area contributed by atoms with Crippen LogP contribution >= 0.6 is 0 Å². The summed E-state index contributed by atoms with van der Waals surface area (Å²) in [5.74, 6) is -2.24. The van der Waals surface area contributed by atoms with E-state index in [1.807, 2.05) is 6.07 Å². The van der Waals surface area contributed by atoms with Gasteiger partial charge in [0.15, 0.2) is 23.5 Å². The van der Waals surface area contributed by atoms with Gasteiger partial charge in [0.25, 0.3) is 5.91 Å². The molecule has 2 aromatic carbocycles. The normalized spacial score (nSPS) is 14.4. The number of aliphatic hydroxyl groups excluding tert-OH is 5. The number of phenols is 3. The molecule has 0 aliphatic rings. The molecule has 164 valence electrons. The lowest BCUT2D eigenvalue weighted by atomic mass is 10.0. The first-order valence-electron chi connectivity index (χ1n) is 8.52. The molecule has 0 fully saturated rings. The number of hydrogen-bond donors (Lipinski definition) is 9. The Morgan fingerprint density at radius 2 is 1.47 bits per heavy atom. The highest BCUT2D eigenvalue weighted by Crippen LogP contribution is 2.35. The van der Waals surface area contributed by atoms with Gasteiger partial charge < -0.3 is 51.0 Å². The van der Waals surface area contributed by atoms with Crippen molar-refractivity contribution in [3.63, 3.8) is 0 Å². The van der Waals surface area contributed by atoms with E-state index in [-0.39, 0.29) is 11.8 Å². The SMILES string of the molecule is O=C(Nc1ccccc1)c1cc(O)c(O)c(O)c1.O=CC(O)C(O)C(O)C(O)CO. The van der Waals surface area contributed by atoms with Crippen molar-refractivity contribution in [3.8, 4) is 17.2 Å². The maximum Gasteiger partial charge on any atom is 0.255 e. The maximum absolute atomic E-state index is 11.8. The van der Waals surface area contributed by atoms with Crippen molar-refractivity contribution >= 4 is 17.9 Å². The van der Waals surface area contributed by atoms with Crippen LogP contribution in [0, 0.1) is 0 Å². The fourth-order valence-corrected chi connectivity index (χ4v) is 2.08. The first-order valence-corrected chi connectivity index (χ1v) is 8.52. The Labute approximate surface area is 170 Å². The minimum absolute atomic E-state index is 0.0258. The highest BCUT2D eigenvalue weighted by atomic mass is 16.4. The number of phenolic OH excluding ortho intramolecular Hbond substituents is 3. The summed E-state index contributed by atoms with van der Waals surface area (Å²) in [4.78, 5) is 21.7. The van der Waals surface area contributed by atoms with Crippen LogP contribution in [-0.2, 0) is 4.79 Å². The summed E-state index contributed by atoms with van der Waals surface area (Å²) in [7, 11) is 0. The number of benzene rings is 2. The van der Waals surface area contributed by atoms with Gasteiger partial charge in [-0.1, -0.05) is 18.2 Å². The summed E-state index contributed by atoms with van der Waals surface area (Å²) < 4.78 is 0. The molecule has 0 heterocycles. The quantitative estimate of drug-likeness (QED) is 0.189. The number of carbonyl (C=O) groups is 2. The van der Waals surface area contributed by atoms with E-state index in [0.717, 1.165) is 12.1 Å². The molecule has 0 aromatic heterocycles. The summed E-state index contributed by atoms with van der Waals surface area (Å²) in [6.45, 7) is -0.760. The van der Waals surface area contributed by atoms with Crippen LogP contribution in [0.1, 0.15) is 10.4 Å². The molecule has 0 saturated heterocycles. The second kappa shape index (κ2) is 11.7. The number of anilines is 1. The fraction of sp³-hybridized carbons (Fsp3) is 0.263. The lowest BCUT2D eigenvalue weighted by Crippen LogP contribution is -2.46. The zero-order chi connectivity index (χ0) is 22.8. The third-order valence-corrected chi connectivity index (χ3v) is 3.78. The van der Waals surface area contributed by atoms with E-state index in [9.17, 15) is 24.9 Å². The van der Waals surface area contributed by atoms with Gasteiger partial charge in [0.1, 0.15) is 24.4 Å². The maximum atomic E-state index is 11.8. The van der Waals surface area contributed by atoms with Crippen LogP contribution in [-0.4, -0.2) is 84.1 Å². The molecule has 1 amide bonds. The molecule has 11 heteroatoms. The van der Waals surface area contributed by atoms with Crippen LogP contribution in [0.3, 0.4) is 0 Å². The van der Waals surface area contributed by atoms with E-state index in [1.165, 1.54) is 0 Å². The lowest BCUT2D eigenvalue weighted by molar-refractivity contribution is -0.136. The molecule has 2 rings (SSSR count). The third kappa shape index (κ3) is 6.99. The molecule has 4 atom stereocenters. The Balaban J connectivity index is 0.000000329. The Hall–Kier alpha value is -3.22. The van der Waals surface area contributed by atoms with Gasteiger partial charge in [-0.3, -0.25) is 4.79 Å². The number of amides is 1. The minimum Gasteiger partial charge on any atom is -0.504 e. The second-order valence-corrected chi connectivity index (χ2v) is 6.04. The van der Waals surface area contributed by atoms with Gasteiger partial charge in [0.05, 0.1) is 6.61 Å². The van der Waals surface area contributed by atoms with Crippen LogP contribution in [0.25, 0.3) is 0 Å². The molecule has 0 bridgehead atoms. The van der Waals surface area contributed by atoms with E-state index >= 15 is 0 Å². The van der Waals surface area contributed by atoms with Crippen LogP contribution in [0.5, 0.6) is 17.2 Å². The van der Waals surface area contributed by atoms with Crippen molar-refractivity contribution in [2.75, 3.05) is 11.9 Å². The highest BCUT2D eigenvalue weighted by Gasteiger charge is 2.29. The average molecular weight is 425 g/mol. The number of hydrogen-bond acceptors (Lipinski definition) is 10. The molecule has 0 radical (unpaired) electrons. The number of aldehydes is 1. The Morgan fingerprint density at radius 1 is 0.933 bits per heavy atom. The Bertz CT molecular complexity index is 806. The number of para-hydroxylation sites is 1. The van der Waals surface area contributed by atoms with E-state index < -0.39 is 54.2 Å². The van der Waals surface area contributed by atoms with Gasteiger partial charge in [-0.2, -0.15) is 0 Å². The number of carbonyl (C=O) groups excluding carboxylic acids is 2. The van der Waals surface area contributed by atoms with Crippen molar-refractivity contribution in [2.24, 2.45) is 0 Å². The molecule has 0 aliphatic carbocycles. The van der Waals surface area contributed by atoms with Crippen molar-refractivity contribution < 1.29 is 50.4 Å². The van der Waals surface area contributed by atoms with Crippen molar-refractivity contribution in [2.45, 2.75) is 24.4 Å². The van der Waals surface area contributed by atoms with Gasteiger partial charge in [0.2, 0.25) is 0 Å². The zero-order valence-electron chi connectivity index (χ0n) is 15.5. The number of aliphatic hydroxyl groups is 5. The summed E-state index contributed by atoms with van der Waals surface area (Å²) >= 11 is 0. The van der Waals surface area contributed by atoms with Crippen molar-refractivity contribution in [1.29, 1.82) is 0 Å². The molecule has 2 aromatic rings. The van der Waals surface area contributed by atoms with Crippen molar-refractivity contribution in [3.05, 3.63) is 48.0 Å². The highest BCUT2D eigenvalue weighted by molar-refractivity contribution is 6.05. The minimum atomic E-state index is -1.79. The monoisotopic (exact) mass is 425 g/mol. The van der Waals surface area contributed by atoms with Crippen LogP contribution in [0.2, 0.25) is 0 Å². The number of rotatable bonds is 7. The van der Waals surface area contributed by atoms with Crippen LogP contribution in [0.15, 0.2) is 42.5 Å². The standard InChI is InChI=1S/C13H11NO4.C6H12O6/c15-10-6-8(7-11(16)12(10)17)13(18)14-9-4-2-1-3-5-9;7-1-3(9)5(11)6(12)4(10)2-8/h1-7,15-17H,(H,14,18);1,3-6,8-12H,2H2. The first-order chi connectivity index (χ1) is 14.1. The predicted octanol–water partition coefficient (Wildman–Crippen LogP) is -1.32. The lowest BCUT2D eigenvalue weighted by Gasteiger charge is -2.22. The van der Waals surface area contributed by atoms with E-state index in [1.54, 1.807) is 24.3 Å². The molecule has 0 spiro atoms. The van der Waals surface area contributed by atoms with E-state index in [0.29, 0.717) is 5.69 Å². The van der Waals surface area contributed by atoms with Gasteiger partial charge in [-0.25, -0.2) is 0 Å². The molecular weight excluding hydrogens is 402 g/mol. The molecule has 30 heavy (non-hydrogen) atoms. The van der Waals surface area contributed by atoms with E-state index in [2.05, 4.69) is 5.32 Å². The summed E-state index contributed by atoms with van der Waals surface area (Å²) in [5, 5.41) is 73.9. The second-order valence-electron chi connectivity index (χ2n) is 6.04. The van der Waals surface area contributed by atoms with Crippen LogP contribution < -0.4 is 5.32 Å². The van der Waals surface area contributed by atoms with Crippen LogP contribution in [0.4, 0.5) is 5.69 Å². The average Bonchev–Trinajstić information content (AvgIpc) is 2.75. The molecular formula is C19H23NO10. The topological polar surface area (TPSA) is 208 Å². The van der Waals surface area contributed by atoms with Gasteiger partial charge >= 0.3 is 0 Å². The van der Waals surface area contributed by atoms with Gasteiger partial charge in [-0.05, 0) is 24.3 Å². The van der Waals surface area contributed by atoms with E-state index in [4.69, 9.17) is 25.5 Å². The molecule has 4 unspecified atom stereocenters. The summed E-state index contributed by atoms with van der Waals surface area (Å²) in [6.07, 6.45) is -6.84. The Morgan fingerprint density at radius 3 is 1.93 bits per heavy atom. The smallest absolute Gasteiger partial charge is 0.255 e. The molecule has 0 aliphatic heterocycles. The third-order valence-electron chi connectivity index (χ3n) is 3.78. The Kier molecular flexibility index (Phi) is 9.68. The number of nitrogens with one attached hydrogen (secondary N) is 1. The van der Waals surface area contributed by atoms with Gasteiger partial charge in [-0.15, -0.1) is 0 Å². The summed E-state index contributed by atoms with van der Waals surface area (Å²) in [6, 6.07) is 10.9. The molecule has 11 nitrogen and oxygen atoms in total. The van der Waals surface area contributed by atoms with Crippen molar-refractivity contribution in [1.82, 2.24) is 0 Å². The predicted molar refractivity (Wildman–Crippen MR) is 103 cm³/mol. The first kappa shape index (κ1) is 24.8. The fourth-order valence-electron chi connectivity index (χ4n) is 2.08. The molecule has 0 saturated carbocycles. The molecule has 9 N–H and O–H groups in total. The van der Waals surface area contributed by atoms with Gasteiger partial charge in [0, 0.05) is 11.3 Å². The zero-order valence-corrected chi connectivity index (χ0v) is 15.5. The largest absolute Gasteiger partial charge is 0.504 e. The number of aromatic hydroxyl groups is 3. The summed E-state index contributed by atoms with van der Waals surface area (Å²) in [5.41, 5.74) is 0.640.